The fraction of sp³-hybridized carbons (Fsp3) is 0.833. The molecule has 2 atom stereocenters. The Morgan fingerprint density at radius 3 is 2.71 bits per heavy atom. The summed E-state index contributed by atoms with van der Waals surface area (Å²) >= 11 is 1.69. The highest BCUT2D eigenvalue weighted by Crippen LogP contribution is 2.32. The smallest absolute Gasteiger partial charge is 0.227 e. The van der Waals surface area contributed by atoms with Crippen LogP contribution < -0.4 is 4.90 Å². The van der Waals surface area contributed by atoms with Crippen LogP contribution in [0.25, 0.3) is 0 Å². The van der Waals surface area contributed by atoms with Crippen LogP contribution in [0, 0.1) is 5.92 Å². The van der Waals surface area contributed by atoms with Crippen molar-refractivity contribution < 1.29 is 4.79 Å². The van der Waals surface area contributed by atoms with Crippen LogP contribution >= 0.6 is 11.3 Å². The van der Waals surface area contributed by atoms with E-state index in [9.17, 15) is 4.79 Å². The van der Waals surface area contributed by atoms with E-state index in [1.165, 1.54) is 58.4 Å². The fourth-order valence-corrected chi connectivity index (χ4v) is 5.98. The summed E-state index contributed by atoms with van der Waals surface area (Å²) in [7, 11) is 0. The first kappa shape index (κ1) is 23.0. The van der Waals surface area contributed by atoms with Crippen molar-refractivity contribution in [3.8, 4) is 0 Å². The second-order valence-electron chi connectivity index (χ2n) is 9.73. The number of amides is 1. The largest absolute Gasteiger partial charge is 0.347 e. The van der Waals surface area contributed by atoms with Gasteiger partial charge in [-0.1, -0.05) is 6.92 Å². The third-order valence-electron chi connectivity index (χ3n) is 7.32. The van der Waals surface area contributed by atoms with Crippen molar-refractivity contribution in [1.82, 2.24) is 19.7 Å². The molecule has 1 aliphatic carbocycles. The van der Waals surface area contributed by atoms with Crippen LogP contribution in [0.4, 0.5) is 5.13 Å². The predicted molar refractivity (Wildman–Crippen MR) is 129 cm³/mol. The van der Waals surface area contributed by atoms with E-state index in [2.05, 4.69) is 38.4 Å². The molecule has 0 bridgehead atoms. The molecule has 0 aromatic carbocycles. The molecule has 1 amide bonds. The number of thiazole rings is 1. The van der Waals surface area contributed by atoms with Crippen LogP contribution in [0.5, 0.6) is 0 Å². The molecule has 3 fully saturated rings. The van der Waals surface area contributed by atoms with Gasteiger partial charge in [0, 0.05) is 69.5 Å². The first-order valence-corrected chi connectivity index (χ1v) is 13.4. The average Bonchev–Trinajstić information content (AvgIpc) is 3.49. The maximum atomic E-state index is 13.4. The van der Waals surface area contributed by atoms with Gasteiger partial charge in [-0.2, -0.15) is 0 Å². The Balaban J connectivity index is 1.23. The predicted octanol–water partition coefficient (Wildman–Crippen LogP) is 3.55. The number of carbonyl (C=O) groups excluding carboxylic acids is 1. The number of carbonyl (C=O) groups is 1. The zero-order valence-corrected chi connectivity index (χ0v) is 20.4. The van der Waals surface area contributed by atoms with Gasteiger partial charge in [0.25, 0.3) is 0 Å². The van der Waals surface area contributed by atoms with Crippen LogP contribution in [-0.4, -0.2) is 90.0 Å². The zero-order chi connectivity index (χ0) is 21.6. The van der Waals surface area contributed by atoms with Gasteiger partial charge >= 0.3 is 0 Å². The van der Waals surface area contributed by atoms with Crippen LogP contribution in [0.3, 0.4) is 0 Å². The van der Waals surface area contributed by atoms with Crippen molar-refractivity contribution in [2.24, 2.45) is 5.92 Å². The minimum Gasteiger partial charge on any atom is -0.347 e. The molecule has 1 saturated carbocycles. The quantitative estimate of drug-likeness (QED) is 0.549. The highest BCUT2D eigenvalue weighted by atomic mass is 32.1. The van der Waals surface area contributed by atoms with E-state index in [1.54, 1.807) is 11.3 Å². The van der Waals surface area contributed by atoms with Crippen molar-refractivity contribution in [3.05, 3.63) is 11.6 Å². The molecule has 0 unspecified atom stereocenters. The Kier molecular flexibility index (Phi) is 8.24. The van der Waals surface area contributed by atoms with E-state index in [4.69, 9.17) is 0 Å². The third-order valence-corrected chi connectivity index (χ3v) is 8.15. The second kappa shape index (κ2) is 11.1. The molecule has 6 nitrogen and oxygen atoms in total. The number of rotatable bonds is 10. The standard InChI is InChI=1S/C24H41N5OS/c1-3-11-26-14-16-27(17-15-26)20(2)6-4-13-29(22-8-9-22)23(30)21-7-5-12-28(19-21)24-25-10-18-31-24/h10,18,20-22H,3-9,11-17,19H2,1-2H3/t20-,21-/m0/s1. The highest BCUT2D eigenvalue weighted by Gasteiger charge is 2.37. The van der Waals surface area contributed by atoms with Crippen molar-refractivity contribution in [1.29, 1.82) is 0 Å². The van der Waals surface area contributed by atoms with Crippen LogP contribution in [0.15, 0.2) is 11.6 Å². The van der Waals surface area contributed by atoms with Crippen molar-refractivity contribution >= 4 is 22.4 Å². The summed E-state index contributed by atoms with van der Waals surface area (Å²) in [5.41, 5.74) is 0. The molecule has 3 aliphatic rings. The van der Waals surface area contributed by atoms with Gasteiger partial charge in [0.15, 0.2) is 5.13 Å². The van der Waals surface area contributed by atoms with E-state index < -0.39 is 0 Å². The molecule has 174 valence electrons. The lowest BCUT2D eigenvalue weighted by molar-refractivity contribution is -0.136. The van der Waals surface area contributed by atoms with E-state index in [0.717, 1.165) is 44.0 Å². The molecule has 0 spiro atoms. The Bertz CT molecular complexity index is 672. The minimum atomic E-state index is 0.141. The lowest BCUT2D eigenvalue weighted by atomic mass is 9.96. The van der Waals surface area contributed by atoms with Gasteiger partial charge in [0.05, 0.1) is 5.92 Å². The molecule has 4 rings (SSSR count). The summed E-state index contributed by atoms with van der Waals surface area (Å²) in [5.74, 6) is 0.548. The van der Waals surface area contributed by atoms with Gasteiger partial charge in [-0.25, -0.2) is 4.98 Å². The molecule has 7 heteroatoms. The first-order valence-electron chi connectivity index (χ1n) is 12.6. The minimum absolute atomic E-state index is 0.141. The summed E-state index contributed by atoms with van der Waals surface area (Å²) in [5, 5.41) is 3.10. The topological polar surface area (TPSA) is 42.9 Å². The van der Waals surface area contributed by atoms with E-state index in [1.807, 2.05) is 11.6 Å². The molecule has 0 N–H and O–H groups in total. The summed E-state index contributed by atoms with van der Waals surface area (Å²) in [4.78, 5) is 27.7. The summed E-state index contributed by atoms with van der Waals surface area (Å²) in [6.45, 7) is 13.5. The van der Waals surface area contributed by atoms with Crippen molar-refractivity contribution in [3.63, 3.8) is 0 Å². The Labute approximate surface area is 192 Å². The van der Waals surface area contributed by atoms with Gasteiger partial charge in [0.2, 0.25) is 5.91 Å². The Morgan fingerprint density at radius 2 is 2.03 bits per heavy atom. The number of piperazine rings is 1. The number of piperidine rings is 1. The van der Waals surface area contributed by atoms with E-state index in [-0.39, 0.29) is 5.92 Å². The average molecular weight is 448 g/mol. The monoisotopic (exact) mass is 447 g/mol. The number of hydrogen-bond acceptors (Lipinski definition) is 6. The maximum absolute atomic E-state index is 13.4. The van der Waals surface area contributed by atoms with Gasteiger partial charge in [-0.3, -0.25) is 9.69 Å². The van der Waals surface area contributed by atoms with E-state index in [0.29, 0.717) is 18.0 Å². The molecular formula is C24H41N5OS. The van der Waals surface area contributed by atoms with Gasteiger partial charge < -0.3 is 14.7 Å². The lowest BCUT2D eigenvalue weighted by Crippen LogP contribution is -2.50. The summed E-state index contributed by atoms with van der Waals surface area (Å²) in [6, 6.07) is 1.13. The van der Waals surface area contributed by atoms with Crippen molar-refractivity contribution in [2.75, 3.05) is 57.3 Å². The van der Waals surface area contributed by atoms with Crippen LogP contribution in [0.2, 0.25) is 0 Å². The van der Waals surface area contributed by atoms with E-state index >= 15 is 0 Å². The molecule has 2 aliphatic heterocycles. The molecule has 3 heterocycles. The normalized spacial score (nSPS) is 24.3. The zero-order valence-electron chi connectivity index (χ0n) is 19.5. The first-order chi connectivity index (χ1) is 15.2. The molecule has 1 aromatic rings. The Hall–Kier alpha value is -1.18. The van der Waals surface area contributed by atoms with Crippen molar-refractivity contribution in [2.45, 2.75) is 70.9 Å². The van der Waals surface area contributed by atoms with Crippen LogP contribution in [-0.2, 0) is 4.79 Å². The molecule has 0 radical (unpaired) electrons. The van der Waals surface area contributed by atoms with Gasteiger partial charge in [-0.15, -0.1) is 11.3 Å². The molecule has 31 heavy (non-hydrogen) atoms. The van der Waals surface area contributed by atoms with Gasteiger partial charge in [0.1, 0.15) is 0 Å². The fourth-order valence-electron chi connectivity index (χ4n) is 5.30. The summed E-state index contributed by atoms with van der Waals surface area (Å²) in [6.07, 6.45) is 9.96. The number of aromatic nitrogens is 1. The second-order valence-corrected chi connectivity index (χ2v) is 10.6. The lowest BCUT2D eigenvalue weighted by Gasteiger charge is -2.38. The SMILES string of the molecule is CCCN1CCN([C@@H](C)CCCN(C(=O)[C@H]2CCCN(c3nccs3)C2)C2CC2)CC1. The van der Waals surface area contributed by atoms with Crippen LogP contribution in [0.1, 0.15) is 58.8 Å². The Morgan fingerprint density at radius 1 is 1.23 bits per heavy atom. The van der Waals surface area contributed by atoms with Gasteiger partial charge in [-0.05, 0) is 58.4 Å². The third kappa shape index (κ3) is 6.20. The number of nitrogens with zero attached hydrogens (tertiary/aromatic N) is 5. The maximum Gasteiger partial charge on any atom is 0.227 e. The number of anilines is 1. The molecular weight excluding hydrogens is 406 g/mol. The highest BCUT2D eigenvalue weighted by molar-refractivity contribution is 7.13. The summed E-state index contributed by atoms with van der Waals surface area (Å²) < 4.78 is 0. The number of hydrogen-bond donors (Lipinski definition) is 0. The molecule has 1 aromatic heterocycles. The molecule has 2 saturated heterocycles.